The SMILES string of the molecule is [C-]#[N+]c1c(N)n[nH]c1Br. The van der Waals surface area contributed by atoms with Crippen LogP contribution in [0.1, 0.15) is 0 Å². The summed E-state index contributed by atoms with van der Waals surface area (Å²) in [5, 5.41) is 6.09. The first-order chi connectivity index (χ1) is 4.25. The van der Waals surface area contributed by atoms with Crippen molar-refractivity contribution in [2.45, 2.75) is 0 Å². The molecular formula is C4H3BrN4. The van der Waals surface area contributed by atoms with E-state index in [2.05, 4.69) is 31.0 Å². The Hall–Kier alpha value is -1.02. The van der Waals surface area contributed by atoms with Crippen LogP contribution < -0.4 is 5.73 Å². The van der Waals surface area contributed by atoms with E-state index in [0.717, 1.165) is 0 Å². The van der Waals surface area contributed by atoms with Crippen LogP contribution in [0.3, 0.4) is 0 Å². The number of halogens is 1. The lowest BCUT2D eigenvalue weighted by Crippen LogP contribution is -1.82. The summed E-state index contributed by atoms with van der Waals surface area (Å²) in [7, 11) is 0. The van der Waals surface area contributed by atoms with Crippen molar-refractivity contribution in [2.75, 3.05) is 5.73 Å². The number of nitrogens with zero attached hydrogens (tertiary/aromatic N) is 2. The summed E-state index contributed by atoms with van der Waals surface area (Å²) in [6.45, 7) is 6.60. The molecule has 0 atom stereocenters. The lowest BCUT2D eigenvalue weighted by Gasteiger charge is -1.79. The molecular weight excluding hydrogens is 184 g/mol. The molecule has 3 N–H and O–H groups in total. The lowest BCUT2D eigenvalue weighted by atomic mass is 10.5. The Morgan fingerprint density at radius 2 is 2.44 bits per heavy atom. The van der Waals surface area contributed by atoms with Crippen molar-refractivity contribution in [3.63, 3.8) is 0 Å². The van der Waals surface area contributed by atoms with Gasteiger partial charge in [-0.05, 0) is 15.9 Å². The normalized spacial score (nSPS) is 8.89. The predicted octanol–water partition coefficient (Wildman–Crippen LogP) is 1.31. The predicted molar refractivity (Wildman–Crippen MR) is 37.0 cm³/mol. The first-order valence-electron chi connectivity index (χ1n) is 2.12. The molecule has 1 heterocycles. The van der Waals surface area contributed by atoms with Gasteiger partial charge in [0.2, 0.25) is 0 Å². The summed E-state index contributed by atoms with van der Waals surface area (Å²) < 4.78 is 0.537. The highest BCUT2D eigenvalue weighted by Gasteiger charge is 2.05. The number of anilines is 1. The fourth-order valence-electron chi connectivity index (χ4n) is 0.434. The highest BCUT2D eigenvalue weighted by molar-refractivity contribution is 9.10. The molecule has 0 radical (unpaired) electrons. The van der Waals surface area contributed by atoms with Crippen LogP contribution in [0.25, 0.3) is 4.85 Å². The van der Waals surface area contributed by atoms with Gasteiger partial charge in [0.05, 0.1) is 6.57 Å². The molecule has 0 aliphatic rings. The van der Waals surface area contributed by atoms with E-state index in [4.69, 9.17) is 12.3 Å². The van der Waals surface area contributed by atoms with Crippen molar-refractivity contribution in [1.82, 2.24) is 10.2 Å². The van der Waals surface area contributed by atoms with Crippen LogP contribution in [0.4, 0.5) is 11.5 Å². The molecule has 9 heavy (non-hydrogen) atoms. The van der Waals surface area contributed by atoms with E-state index in [1.54, 1.807) is 0 Å². The molecule has 1 aromatic rings. The maximum absolute atomic E-state index is 6.60. The molecule has 0 bridgehead atoms. The Balaban J connectivity index is 3.27. The summed E-state index contributed by atoms with van der Waals surface area (Å²) in [6.07, 6.45) is 0. The summed E-state index contributed by atoms with van der Waals surface area (Å²) in [5.41, 5.74) is 5.61. The number of hydrogen-bond donors (Lipinski definition) is 2. The fraction of sp³-hybridized carbons (Fsp3) is 0. The molecule has 0 aromatic carbocycles. The molecule has 0 saturated carbocycles. The van der Waals surface area contributed by atoms with Crippen molar-refractivity contribution >= 4 is 27.4 Å². The zero-order valence-corrected chi connectivity index (χ0v) is 5.94. The maximum Gasteiger partial charge on any atom is 0.260 e. The number of hydrogen-bond acceptors (Lipinski definition) is 2. The van der Waals surface area contributed by atoms with Crippen LogP contribution in [-0.4, -0.2) is 10.2 Å². The summed E-state index contributed by atoms with van der Waals surface area (Å²) >= 11 is 3.07. The van der Waals surface area contributed by atoms with Crippen LogP contribution in [0, 0.1) is 6.57 Å². The molecule has 0 fully saturated rings. The average molecular weight is 187 g/mol. The Kier molecular flexibility index (Phi) is 1.40. The number of nitrogens with one attached hydrogen (secondary N) is 1. The maximum atomic E-state index is 6.60. The molecule has 1 rings (SSSR count). The molecule has 46 valence electrons. The van der Waals surface area contributed by atoms with E-state index in [1.165, 1.54) is 0 Å². The highest BCUT2D eigenvalue weighted by Crippen LogP contribution is 2.27. The highest BCUT2D eigenvalue weighted by atomic mass is 79.9. The van der Waals surface area contributed by atoms with Crippen molar-refractivity contribution in [1.29, 1.82) is 0 Å². The van der Waals surface area contributed by atoms with E-state index < -0.39 is 0 Å². The minimum absolute atomic E-state index is 0.233. The third-order valence-electron chi connectivity index (χ3n) is 0.837. The van der Waals surface area contributed by atoms with Gasteiger partial charge in [-0.25, -0.2) is 4.85 Å². The zero-order valence-electron chi connectivity index (χ0n) is 4.35. The van der Waals surface area contributed by atoms with Crippen LogP contribution >= 0.6 is 15.9 Å². The topological polar surface area (TPSA) is 59.1 Å². The van der Waals surface area contributed by atoms with Gasteiger partial charge in [0.25, 0.3) is 5.69 Å². The molecule has 0 spiro atoms. The third-order valence-corrected chi connectivity index (χ3v) is 1.39. The second-order valence-electron chi connectivity index (χ2n) is 1.38. The Morgan fingerprint density at radius 3 is 2.67 bits per heavy atom. The average Bonchev–Trinajstić information content (AvgIpc) is 2.12. The van der Waals surface area contributed by atoms with Gasteiger partial charge in [0, 0.05) is 0 Å². The third kappa shape index (κ3) is 0.886. The number of aromatic nitrogens is 2. The number of aromatic amines is 1. The van der Waals surface area contributed by atoms with Gasteiger partial charge in [-0.2, -0.15) is 5.10 Å². The van der Waals surface area contributed by atoms with E-state index >= 15 is 0 Å². The first-order valence-corrected chi connectivity index (χ1v) is 2.92. The molecule has 5 heteroatoms. The monoisotopic (exact) mass is 186 g/mol. The van der Waals surface area contributed by atoms with Gasteiger partial charge in [0.15, 0.2) is 5.82 Å². The van der Waals surface area contributed by atoms with E-state index in [9.17, 15) is 0 Å². The number of rotatable bonds is 0. The van der Waals surface area contributed by atoms with Crippen LogP contribution in [-0.2, 0) is 0 Å². The van der Waals surface area contributed by atoms with Gasteiger partial charge in [-0.15, -0.1) is 0 Å². The summed E-state index contributed by atoms with van der Waals surface area (Å²) in [4.78, 5) is 3.11. The molecule has 1 aromatic heterocycles. The van der Waals surface area contributed by atoms with Crippen LogP contribution in [0.5, 0.6) is 0 Å². The van der Waals surface area contributed by atoms with Gasteiger partial charge in [0.1, 0.15) is 4.60 Å². The molecule has 0 aliphatic heterocycles. The zero-order chi connectivity index (χ0) is 6.85. The summed E-state index contributed by atoms with van der Waals surface area (Å²) in [6, 6.07) is 0. The van der Waals surface area contributed by atoms with Crippen molar-refractivity contribution < 1.29 is 0 Å². The molecule has 0 unspecified atom stereocenters. The smallest absolute Gasteiger partial charge is 0.260 e. The molecule has 0 amide bonds. The minimum Gasteiger partial charge on any atom is -0.391 e. The van der Waals surface area contributed by atoms with Gasteiger partial charge < -0.3 is 5.73 Å². The van der Waals surface area contributed by atoms with Crippen molar-refractivity contribution in [3.8, 4) is 0 Å². The van der Waals surface area contributed by atoms with E-state index in [1.807, 2.05) is 0 Å². The Morgan fingerprint density at radius 1 is 1.78 bits per heavy atom. The molecule has 0 saturated heterocycles. The quantitative estimate of drug-likeness (QED) is 0.601. The number of H-pyrrole nitrogens is 1. The fourth-order valence-corrected chi connectivity index (χ4v) is 0.814. The lowest BCUT2D eigenvalue weighted by molar-refractivity contribution is 1.08. The Labute approximate surface area is 60.0 Å². The number of nitrogens with two attached hydrogens (primary N) is 1. The second kappa shape index (κ2) is 2.07. The molecule has 0 aliphatic carbocycles. The number of nitrogen functional groups attached to an aromatic ring is 1. The molecule has 4 nitrogen and oxygen atoms in total. The minimum atomic E-state index is 0.233. The first kappa shape index (κ1) is 6.11. The van der Waals surface area contributed by atoms with Gasteiger partial charge >= 0.3 is 0 Å². The van der Waals surface area contributed by atoms with Crippen LogP contribution in [0.2, 0.25) is 0 Å². The largest absolute Gasteiger partial charge is 0.391 e. The van der Waals surface area contributed by atoms with E-state index in [0.29, 0.717) is 10.3 Å². The van der Waals surface area contributed by atoms with E-state index in [-0.39, 0.29) is 5.82 Å². The van der Waals surface area contributed by atoms with Gasteiger partial charge in [-0.3, -0.25) is 5.10 Å². The Bertz CT molecular complexity index is 239. The summed E-state index contributed by atoms with van der Waals surface area (Å²) in [5.74, 6) is 0.233. The van der Waals surface area contributed by atoms with Crippen molar-refractivity contribution in [2.24, 2.45) is 0 Å². The van der Waals surface area contributed by atoms with Crippen molar-refractivity contribution in [3.05, 3.63) is 16.0 Å². The second-order valence-corrected chi connectivity index (χ2v) is 2.18. The van der Waals surface area contributed by atoms with Gasteiger partial charge in [-0.1, -0.05) is 0 Å². The standard InChI is InChI=1S/C4H3BrN4/c1-7-2-3(5)8-9-4(2)6/h(H3,6,8,9). The van der Waals surface area contributed by atoms with Crippen LogP contribution in [0.15, 0.2) is 4.60 Å².